The van der Waals surface area contributed by atoms with Crippen LogP contribution in [0.2, 0.25) is 5.02 Å². The summed E-state index contributed by atoms with van der Waals surface area (Å²) in [7, 11) is 1.42. The van der Waals surface area contributed by atoms with Crippen LogP contribution in [0.5, 0.6) is 0 Å². The molecule has 0 unspecified atom stereocenters. The Morgan fingerprint density at radius 1 is 1.48 bits per heavy atom. The summed E-state index contributed by atoms with van der Waals surface area (Å²) in [4.78, 5) is 34.0. The molecule has 1 aromatic carbocycles. The molecule has 0 aromatic heterocycles. The topological polar surface area (TPSA) is 110 Å². The molecule has 1 rings (SSSR count). The van der Waals surface area contributed by atoms with Crippen molar-refractivity contribution in [2.45, 2.75) is 0 Å². The fourth-order valence-electron chi connectivity index (χ4n) is 1.59. The maximum Gasteiger partial charge on any atom is 0.323 e. The molecule has 0 spiro atoms. The van der Waals surface area contributed by atoms with Crippen molar-refractivity contribution >= 4 is 29.2 Å². The number of carboxylic acid groups (broad SMARTS) is 1. The number of nitrogens with zero attached hydrogens (tertiary/aromatic N) is 2. The van der Waals surface area contributed by atoms with Gasteiger partial charge in [-0.15, -0.1) is 0 Å². The lowest BCUT2D eigenvalue weighted by molar-refractivity contribution is -0.384. The van der Waals surface area contributed by atoms with Gasteiger partial charge in [-0.1, -0.05) is 11.6 Å². The fourth-order valence-corrected chi connectivity index (χ4v) is 1.84. The smallest absolute Gasteiger partial charge is 0.323 e. The van der Waals surface area contributed by atoms with Gasteiger partial charge in [-0.25, -0.2) is 0 Å². The second-order valence-corrected chi connectivity index (χ2v) is 4.44. The largest absolute Gasteiger partial charge is 0.480 e. The number of hydrogen-bond donors (Lipinski definition) is 1. The number of hydrogen-bond acceptors (Lipinski definition) is 5. The third-order valence-corrected chi connectivity index (χ3v) is 2.87. The first-order chi connectivity index (χ1) is 9.86. The van der Waals surface area contributed by atoms with Gasteiger partial charge in [0.1, 0.15) is 11.6 Å². The van der Waals surface area contributed by atoms with E-state index in [9.17, 15) is 19.7 Å². The highest BCUT2D eigenvalue weighted by molar-refractivity contribution is 6.33. The Bertz CT molecular complexity index is 563. The first-order valence-electron chi connectivity index (χ1n) is 5.80. The highest BCUT2D eigenvalue weighted by Gasteiger charge is 2.21. The molecule has 0 aliphatic rings. The van der Waals surface area contributed by atoms with E-state index in [2.05, 4.69) is 0 Å². The molecule has 0 heterocycles. The van der Waals surface area contributed by atoms with Gasteiger partial charge in [0.2, 0.25) is 0 Å². The van der Waals surface area contributed by atoms with Crippen LogP contribution >= 0.6 is 11.6 Å². The van der Waals surface area contributed by atoms with Crippen molar-refractivity contribution in [2.24, 2.45) is 0 Å². The highest BCUT2D eigenvalue weighted by atomic mass is 35.5. The summed E-state index contributed by atoms with van der Waals surface area (Å²) in [5.74, 6) is -1.77. The number of carbonyl (C=O) groups excluding carboxylic acids is 1. The van der Waals surface area contributed by atoms with Gasteiger partial charge in [-0.05, 0) is 12.1 Å². The summed E-state index contributed by atoms with van der Waals surface area (Å²) in [6, 6.07) is 3.47. The van der Waals surface area contributed by atoms with Crippen molar-refractivity contribution in [3.05, 3.63) is 38.9 Å². The second-order valence-electron chi connectivity index (χ2n) is 4.04. The van der Waals surface area contributed by atoms with E-state index in [1.54, 1.807) is 0 Å². The predicted octanol–water partition coefficient (Wildman–Crippen LogP) is 1.42. The molecule has 0 atom stereocenters. The van der Waals surface area contributed by atoms with Gasteiger partial charge in [-0.2, -0.15) is 0 Å². The third kappa shape index (κ3) is 4.69. The molecule has 21 heavy (non-hydrogen) atoms. The van der Waals surface area contributed by atoms with Crippen molar-refractivity contribution in [1.29, 1.82) is 0 Å². The Kier molecular flexibility index (Phi) is 6.07. The van der Waals surface area contributed by atoms with Crippen LogP contribution in [0.25, 0.3) is 0 Å². The van der Waals surface area contributed by atoms with Gasteiger partial charge < -0.3 is 14.7 Å². The zero-order chi connectivity index (χ0) is 16.0. The summed E-state index contributed by atoms with van der Waals surface area (Å²) in [5.41, 5.74) is -0.252. The van der Waals surface area contributed by atoms with Crippen molar-refractivity contribution in [3.8, 4) is 0 Å². The SMILES string of the molecule is COCCN(CC(=O)O)C(=O)c1ccc([N+](=O)[O-])c(Cl)c1. The molecular formula is C12H13ClN2O6. The molecule has 0 aliphatic heterocycles. The van der Waals surface area contributed by atoms with E-state index in [1.807, 2.05) is 0 Å². The molecule has 0 fully saturated rings. The molecule has 0 radical (unpaired) electrons. The molecule has 0 aliphatic carbocycles. The number of ether oxygens (including phenoxy) is 1. The lowest BCUT2D eigenvalue weighted by Crippen LogP contribution is -2.38. The molecule has 0 bridgehead atoms. The van der Waals surface area contributed by atoms with Crippen LogP contribution in [0.15, 0.2) is 18.2 Å². The van der Waals surface area contributed by atoms with Crippen molar-refractivity contribution in [2.75, 3.05) is 26.8 Å². The number of methoxy groups -OCH3 is 1. The number of carbonyl (C=O) groups is 2. The molecule has 1 N–H and O–H groups in total. The Morgan fingerprint density at radius 3 is 2.62 bits per heavy atom. The van der Waals surface area contributed by atoms with E-state index >= 15 is 0 Å². The average Bonchev–Trinajstić information content (AvgIpc) is 2.41. The molecule has 0 saturated heterocycles. The van der Waals surface area contributed by atoms with Crippen LogP contribution in [0.3, 0.4) is 0 Å². The van der Waals surface area contributed by atoms with E-state index in [4.69, 9.17) is 21.4 Å². The average molecular weight is 317 g/mol. The normalized spacial score (nSPS) is 10.2. The summed E-state index contributed by atoms with van der Waals surface area (Å²) >= 11 is 5.73. The van der Waals surface area contributed by atoms with Gasteiger partial charge in [0.05, 0.1) is 11.5 Å². The molecule has 114 valence electrons. The summed E-state index contributed by atoms with van der Waals surface area (Å²) in [5, 5.41) is 19.3. The van der Waals surface area contributed by atoms with E-state index < -0.39 is 23.3 Å². The van der Waals surface area contributed by atoms with E-state index in [0.717, 1.165) is 17.0 Å². The Morgan fingerprint density at radius 2 is 2.14 bits per heavy atom. The summed E-state index contributed by atoms with van der Waals surface area (Å²) < 4.78 is 4.81. The van der Waals surface area contributed by atoms with Crippen LogP contribution in [0.1, 0.15) is 10.4 Å². The zero-order valence-electron chi connectivity index (χ0n) is 11.1. The lowest BCUT2D eigenvalue weighted by atomic mass is 10.1. The molecule has 8 nitrogen and oxygen atoms in total. The number of nitro benzene ring substituents is 1. The minimum atomic E-state index is -1.17. The zero-order valence-corrected chi connectivity index (χ0v) is 11.9. The van der Waals surface area contributed by atoms with E-state index in [1.165, 1.54) is 13.2 Å². The van der Waals surface area contributed by atoms with Gasteiger partial charge in [-0.3, -0.25) is 19.7 Å². The first-order valence-corrected chi connectivity index (χ1v) is 6.18. The van der Waals surface area contributed by atoms with E-state index in [-0.39, 0.29) is 29.4 Å². The summed E-state index contributed by atoms with van der Waals surface area (Å²) in [6.07, 6.45) is 0. The van der Waals surface area contributed by atoms with Crippen LogP contribution in [-0.2, 0) is 9.53 Å². The Hall–Kier alpha value is -2.19. The quantitative estimate of drug-likeness (QED) is 0.601. The maximum absolute atomic E-state index is 12.2. The molecule has 1 amide bonds. The monoisotopic (exact) mass is 316 g/mol. The van der Waals surface area contributed by atoms with Crippen LogP contribution in [0.4, 0.5) is 5.69 Å². The maximum atomic E-state index is 12.2. The number of halogens is 1. The summed E-state index contributed by atoms with van der Waals surface area (Å²) in [6.45, 7) is -0.257. The first kappa shape index (κ1) is 16.9. The second kappa shape index (κ2) is 7.55. The standard InChI is InChI=1S/C12H13ClN2O6/c1-21-5-4-14(7-11(16)17)12(18)8-2-3-10(15(19)20)9(13)6-8/h2-3,6H,4-5,7H2,1H3,(H,16,17). The van der Waals surface area contributed by atoms with Crippen LogP contribution < -0.4 is 0 Å². The Labute approximate surface area is 125 Å². The van der Waals surface area contributed by atoms with Gasteiger partial charge >= 0.3 is 5.97 Å². The fraction of sp³-hybridized carbons (Fsp3) is 0.333. The van der Waals surface area contributed by atoms with Crippen LogP contribution in [0, 0.1) is 10.1 Å². The predicted molar refractivity (Wildman–Crippen MR) is 73.5 cm³/mol. The molecular weight excluding hydrogens is 304 g/mol. The molecule has 9 heteroatoms. The van der Waals surface area contributed by atoms with E-state index in [0.29, 0.717) is 0 Å². The number of nitro groups is 1. The minimum Gasteiger partial charge on any atom is -0.480 e. The number of benzene rings is 1. The van der Waals surface area contributed by atoms with Crippen LogP contribution in [-0.4, -0.2) is 53.6 Å². The molecule has 1 aromatic rings. The number of amides is 1. The lowest BCUT2D eigenvalue weighted by Gasteiger charge is -2.20. The molecule has 0 saturated carbocycles. The van der Waals surface area contributed by atoms with Gasteiger partial charge in [0.25, 0.3) is 11.6 Å². The highest BCUT2D eigenvalue weighted by Crippen LogP contribution is 2.25. The van der Waals surface area contributed by atoms with Gasteiger partial charge in [0, 0.05) is 25.3 Å². The third-order valence-electron chi connectivity index (χ3n) is 2.57. The minimum absolute atomic E-state index is 0.0722. The van der Waals surface area contributed by atoms with Crippen molar-refractivity contribution in [3.63, 3.8) is 0 Å². The Balaban J connectivity index is 2.99. The van der Waals surface area contributed by atoms with Gasteiger partial charge in [0.15, 0.2) is 0 Å². The van der Waals surface area contributed by atoms with Crippen molar-refractivity contribution in [1.82, 2.24) is 4.90 Å². The van der Waals surface area contributed by atoms with Crippen molar-refractivity contribution < 1.29 is 24.4 Å². The number of rotatable bonds is 7. The number of aliphatic carboxylic acids is 1. The number of carboxylic acids is 1.